The Balaban J connectivity index is 1.96. The number of hydrogen-bond donors (Lipinski definition) is 0. The Bertz CT molecular complexity index is 528. The Hall–Kier alpha value is -1.96. The van der Waals surface area contributed by atoms with E-state index in [1.165, 1.54) is 12.8 Å². The predicted octanol–water partition coefficient (Wildman–Crippen LogP) is 3.65. The molecule has 2 heteroatoms. The van der Waals surface area contributed by atoms with Crippen molar-refractivity contribution in [2.75, 3.05) is 0 Å². The molecule has 0 amide bonds. The van der Waals surface area contributed by atoms with Crippen molar-refractivity contribution < 1.29 is 9.36 Å². The Morgan fingerprint density at radius 2 is 2.10 bits per heavy atom. The number of ketones is 1. The molecule has 1 aromatic rings. The van der Waals surface area contributed by atoms with Crippen LogP contribution in [0.3, 0.4) is 0 Å². The van der Waals surface area contributed by atoms with Gasteiger partial charge in [-0.2, -0.15) is 0 Å². The van der Waals surface area contributed by atoms with Crippen LogP contribution in [0.25, 0.3) is 0 Å². The molecule has 0 spiro atoms. The Morgan fingerprint density at radius 3 is 2.85 bits per heavy atom. The van der Waals surface area contributed by atoms with Crippen molar-refractivity contribution in [3.8, 4) is 0 Å². The van der Waals surface area contributed by atoms with E-state index in [-0.39, 0.29) is 11.7 Å². The number of allylic oxidation sites excluding steroid dienone is 6. The minimum atomic E-state index is 0.0727. The van der Waals surface area contributed by atoms with Crippen LogP contribution in [-0.2, 0) is 6.54 Å². The number of carbonyl (C=O) groups excluding carboxylic acids is 1. The second kappa shape index (κ2) is 7.59. The van der Waals surface area contributed by atoms with Crippen LogP contribution >= 0.6 is 0 Å². The first kappa shape index (κ1) is 14.4. The van der Waals surface area contributed by atoms with Crippen molar-refractivity contribution in [3.05, 3.63) is 66.5 Å². The van der Waals surface area contributed by atoms with Gasteiger partial charge in [0.1, 0.15) is 6.54 Å². The van der Waals surface area contributed by atoms with Gasteiger partial charge in [0.15, 0.2) is 18.2 Å². The van der Waals surface area contributed by atoms with Gasteiger partial charge in [0.05, 0.1) is 5.56 Å². The minimum Gasteiger partial charge on any atom is -0.289 e. The van der Waals surface area contributed by atoms with E-state index in [1.54, 1.807) is 6.08 Å². The molecule has 0 saturated carbocycles. The molecule has 0 N–H and O–H groups in total. The first-order chi connectivity index (χ1) is 9.79. The molecule has 0 fully saturated rings. The molecule has 1 aliphatic carbocycles. The maximum Gasteiger partial charge on any atom is 0.191 e. The summed E-state index contributed by atoms with van der Waals surface area (Å²) in [4.78, 5) is 12.1. The number of rotatable bonds is 7. The molecule has 0 aromatic carbocycles. The number of pyridine rings is 1. The molecule has 1 aliphatic rings. The average molecular weight is 268 g/mol. The zero-order valence-corrected chi connectivity index (χ0v) is 12.0. The lowest BCUT2D eigenvalue weighted by molar-refractivity contribution is -0.697. The van der Waals surface area contributed by atoms with Crippen molar-refractivity contribution >= 4 is 5.78 Å². The molecule has 20 heavy (non-hydrogen) atoms. The van der Waals surface area contributed by atoms with E-state index in [9.17, 15) is 4.79 Å². The number of carbonyl (C=O) groups is 1. The maximum absolute atomic E-state index is 12.1. The van der Waals surface area contributed by atoms with Gasteiger partial charge >= 0.3 is 0 Å². The standard InChI is InChI=1S/C18H22NO/c1-2-3-6-13-19-14-7-10-17(15-19)18(20)12-11-16-8-4-5-9-16/h4-5,7-12,14-16H,2-3,6,13H2,1H3/q+1/b12-11+. The van der Waals surface area contributed by atoms with Crippen LogP contribution in [-0.4, -0.2) is 5.78 Å². The van der Waals surface area contributed by atoms with Crippen LogP contribution in [0.1, 0.15) is 36.5 Å². The summed E-state index contributed by atoms with van der Waals surface area (Å²) < 4.78 is 2.10. The van der Waals surface area contributed by atoms with Crippen LogP contribution in [0.4, 0.5) is 0 Å². The van der Waals surface area contributed by atoms with Crippen molar-refractivity contribution in [1.29, 1.82) is 0 Å². The molecule has 1 heterocycles. The number of hydrogen-bond acceptors (Lipinski definition) is 1. The second-order valence-electron chi connectivity index (χ2n) is 5.11. The Morgan fingerprint density at radius 1 is 1.30 bits per heavy atom. The molecule has 0 radical (unpaired) electrons. The topological polar surface area (TPSA) is 20.9 Å². The summed E-state index contributed by atoms with van der Waals surface area (Å²) in [5.74, 6) is 0.336. The van der Waals surface area contributed by atoms with Crippen LogP contribution in [0.5, 0.6) is 0 Å². The highest BCUT2D eigenvalue weighted by atomic mass is 16.1. The van der Waals surface area contributed by atoms with Crippen molar-refractivity contribution in [2.45, 2.75) is 32.7 Å². The fourth-order valence-electron chi connectivity index (χ4n) is 2.22. The van der Waals surface area contributed by atoms with E-state index in [0.717, 1.165) is 18.5 Å². The van der Waals surface area contributed by atoms with Crippen molar-refractivity contribution in [2.24, 2.45) is 5.92 Å². The first-order valence-electron chi connectivity index (χ1n) is 7.36. The third kappa shape index (κ3) is 4.30. The van der Waals surface area contributed by atoms with Gasteiger partial charge < -0.3 is 0 Å². The second-order valence-corrected chi connectivity index (χ2v) is 5.11. The van der Waals surface area contributed by atoms with E-state index in [0.29, 0.717) is 0 Å². The van der Waals surface area contributed by atoms with Gasteiger partial charge in [-0.15, -0.1) is 0 Å². The highest BCUT2D eigenvalue weighted by molar-refractivity contribution is 6.04. The molecule has 0 unspecified atom stereocenters. The van der Waals surface area contributed by atoms with Gasteiger partial charge in [0.25, 0.3) is 0 Å². The summed E-state index contributed by atoms with van der Waals surface area (Å²) >= 11 is 0. The van der Waals surface area contributed by atoms with Gasteiger partial charge in [-0.25, -0.2) is 4.57 Å². The van der Waals surface area contributed by atoms with E-state index in [2.05, 4.69) is 23.6 Å². The van der Waals surface area contributed by atoms with Gasteiger partial charge in [-0.1, -0.05) is 43.7 Å². The van der Waals surface area contributed by atoms with Crippen LogP contribution in [0.2, 0.25) is 0 Å². The summed E-state index contributed by atoms with van der Waals surface area (Å²) in [6, 6.07) is 3.83. The first-order valence-corrected chi connectivity index (χ1v) is 7.36. The third-order valence-corrected chi connectivity index (χ3v) is 3.41. The average Bonchev–Trinajstić information content (AvgIpc) is 2.99. The third-order valence-electron chi connectivity index (χ3n) is 3.41. The summed E-state index contributed by atoms with van der Waals surface area (Å²) in [5.41, 5.74) is 0.756. The van der Waals surface area contributed by atoms with E-state index in [4.69, 9.17) is 0 Å². The zero-order valence-electron chi connectivity index (χ0n) is 12.0. The van der Waals surface area contributed by atoms with Crippen LogP contribution in [0.15, 0.2) is 61.0 Å². The van der Waals surface area contributed by atoms with Crippen molar-refractivity contribution in [1.82, 2.24) is 0 Å². The van der Waals surface area contributed by atoms with E-state index >= 15 is 0 Å². The lowest BCUT2D eigenvalue weighted by Crippen LogP contribution is -2.33. The molecule has 0 atom stereocenters. The summed E-state index contributed by atoms with van der Waals surface area (Å²) in [6.45, 7) is 3.17. The SMILES string of the molecule is CCCCC[n+]1cccc(C(=O)/C=C/C2C=CC=C2)c1. The van der Waals surface area contributed by atoms with Gasteiger partial charge in [-0.3, -0.25) is 4.79 Å². The largest absolute Gasteiger partial charge is 0.289 e. The maximum atomic E-state index is 12.1. The summed E-state index contributed by atoms with van der Waals surface area (Å²) in [5, 5.41) is 0. The Labute approximate surface area is 121 Å². The van der Waals surface area contributed by atoms with Crippen LogP contribution < -0.4 is 4.57 Å². The van der Waals surface area contributed by atoms with E-state index in [1.807, 2.05) is 42.8 Å². The molecular weight excluding hydrogens is 246 g/mol. The number of aromatic nitrogens is 1. The zero-order chi connectivity index (χ0) is 14.2. The van der Waals surface area contributed by atoms with Gasteiger partial charge in [0.2, 0.25) is 0 Å². The molecule has 0 aliphatic heterocycles. The molecule has 0 bridgehead atoms. The fraction of sp³-hybridized carbons (Fsp3) is 0.333. The smallest absolute Gasteiger partial charge is 0.191 e. The Kier molecular flexibility index (Phi) is 5.48. The molecule has 0 saturated heterocycles. The highest BCUT2D eigenvalue weighted by Gasteiger charge is 2.08. The molecule has 2 rings (SSSR count). The van der Waals surface area contributed by atoms with Gasteiger partial charge in [-0.05, 0) is 18.6 Å². The minimum absolute atomic E-state index is 0.0727. The molecule has 1 aromatic heterocycles. The lowest BCUT2D eigenvalue weighted by Gasteiger charge is -1.99. The lowest BCUT2D eigenvalue weighted by atomic mass is 10.1. The quantitative estimate of drug-likeness (QED) is 0.320. The van der Waals surface area contributed by atoms with Crippen LogP contribution in [0, 0.1) is 5.92 Å². The molecular formula is C18H22NO+. The fourth-order valence-corrected chi connectivity index (χ4v) is 2.22. The molecule has 2 nitrogen and oxygen atoms in total. The number of unbranched alkanes of at least 4 members (excludes halogenated alkanes) is 2. The summed E-state index contributed by atoms with van der Waals surface area (Å²) in [7, 11) is 0. The predicted molar refractivity (Wildman–Crippen MR) is 81.4 cm³/mol. The number of aryl methyl sites for hydroxylation is 1. The summed E-state index contributed by atoms with van der Waals surface area (Å²) in [6.07, 6.45) is 19.3. The monoisotopic (exact) mass is 268 g/mol. The van der Waals surface area contributed by atoms with Gasteiger partial charge in [0, 0.05) is 18.4 Å². The highest BCUT2D eigenvalue weighted by Crippen LogP contribution is 2.10. The normalized spacial score (nSPS) is 14.4. The van der Waals surface area contributed by atoms with E-state index < -0.39 is 0 Å². The van der Waals surface area contributed by atoms with Crippen molar-refractivity contribution in [3.63, 3.8) is 0 Å². The molecule has 104 valence electrons. The number of nitrogens with zero attached hydrogens (tertiary/aromatic N) is 1.